The predicted octanol–water partition coefficient (Wildman–Crippen LogP) is 11.2. The van der Waals surface area contributed by atoms with E-state index in [1.807, 2.05) is 0 Å². The zero-order valence-corrected chi connectivity index (χ0v) is 34.3. The van der Waals surface area contributed by atoms with Crippen molar-refractivity contribution >= 4 is 21.9 Å². The second-order valence-corrected chi connectivity index (χ2v) is 16.6. The van der Waals surface area contributed by atoms with Gasteiger partial charge < -0.3 is 5.32 Å². The molecular weight excluding hydrogens is 655 g/mol. The Bertz CT molecular complexity index is 1020. The summed E-state index contributed by atoms with van der Waals surface area (Å²) in [5, 5.41) is 3.14. The van der Waals surface area contributed by atoms with Gasteiger partial charge >= 0.3 is 0 Å². The third kappa shape index (κ3) is 30.5. The van der Waals surface area contributed by atoms with Crippen molar-refractivity contribution in [3.8, 4) is 0 Å². The topological polar surface area (TPSA) is 89.7 Å². The van der Waals surface area contributed by atoms with Crippen molar-refractivity contribution in [3.05, 3.63) is 24.3 Å². The van der Waals surface area contributed by atoms with Gasteiger partial charge in [-0.3, -0.25) is 18.8 Å². The van der Waals surface area contributed by atoms with Crippen molar-refractivity contribution in [3.63, 3.8) is 0 Å². The van der Waals surface area contributed by atoms with Gasteiger partial charge in [-0.1, -0.05) is 141 Å². The molecule has 0 saturated heterocycles. The second kappa shape index (κ2) is 34.1. The highest BCUT2D eigenvalue weighted by molar-refractivity contribution is 7.85. The van der Waals surface area contributed by atoms with Gasteiger partial charge in [0.25, 0.3) is 10.1 Å². The molecular formula is C43H82N3O4S+. The first-order valence-electron chi connectivity index (χ1n) is 21.7. The summed E-state index contributed by atoms with van der Waals surface area (Å²) in [5.41, 5.74) is 0. The highest BCUT2D eigenvalue weighted by Crippen LogP contribution is 2.14. The molecule has 0 bridgehead atoms. The Balaban J connectivity index is 2.22. The molecule has 0 unspecified atom stereocenters. The minimum absolute atomic E-state index is 0.149. The fraction of sp³-hybridized carbons (Fsp3) is 0.860. The van der Waals surface area contributed by atoms with Crippen molar-refractivity contribution in [1.82, 2.24) is 10.2 Å². The van der Waals surface area contributed by atoms with Crippen LogP contribution >= 0.6 is 0 Å². The van der Waals surface area contributed by atoms with Crippen LogP contribution in [0.25, 0.3) is 0 Å². The molecule has 0 radical (unpaired) electrons. The van der Waals surface area contributed by atoms with Crippen molar-refractivity contribution in [2.75, 3.05) is 38.5 Å². The number of rotatable bonds is 37. The number of hydrogen-bond donors (Lipinski definition) is 2. The number of amides is 1. The van der Waals surface area contributed by atoms with Gasteiger partial charge in [0.05, 0.1) is 18.8 Å². The summed E-state index contributed by atoms with van der Waals surface area (Å²) in [7, 11) is -3.94. The highest BCUT2D eigenvalue weighted by Gasteiger charge is 2.29. The van der Waals surface area contributed by atoms with E-state index in [0.717, 1.165) is 45.3 Å². The first kappa shape index (κ1) is 47.4. The van der Waals surface area contributed by atoms with Gasteiger partial charge in [0.2, 0.25) is 11.7 Å². The molecule has 0 aromatic carbocycles. The van der Waals surface area contributed by atoms with Gasteiger partial charge in [0.15, 0.2) is 0 Å². The van der Waals surface area contributed by atoms with E-state index < -0.39 is 10.1 Å². The lowest BCUT2D eigenvalue weighted by Crippen LogP contribution is -2.37. The lowest BCUT2D eigenvalue weighted by atomic mass is 10.1. The monoisotopic (exact) mass is 737 g/mol. The van der Waals surface area contributed by atoms with Crippen molar-refractivity contribution in [2.45, 2.75) is 200 Å². The smallest absolute Gasteiger partial charge is 0.265 e. The summed E-state index contributed by atoms with van der Waals surface area (Å²) in [5.74, 6) is 1.22. The molecule has 0 fully saturated rings. The minimum atomic E-state index is -3.94. The van der Waals surface area contributed by atoms with Crippen LogP contribution in [-0.4, -0.2) is 72.7 Å². The zero-order valence-electron chi connectivity index (χ0n) is 33.5. The number of carbonyl (C=O) groups excluding carboxylic acids is 1. The second-order valence-electron chi connectivity index (χ2n) is 15.0. The molecule has 8 heteroatoms. The summed E-state index contributed by atoms with van der Waals surface area (Å²) in [4.78, 5) is 14.9. The third-order valence-corrected chi connectivity index (χ3v) is 11.0. The molecule has 0 aliphatic carbocycles. The molecule has 1 heterocycles. The van der Waals surface area contributed by atoms with Crippen molar-refractivity contribution in [2.24, 2.45) is 0 Å². The lowest BCUT2D eigenvalue weighted by molar-refractivity contribution is -0.519. The maximum Gasteiger partial charge on any atom is 0.265 e. The minimum Gasteiger partial charge on any atom is -0.352 e. The molecule has 0 aromatic rings. The van der Waals surface area contributed by atoms with Crippen LogP contribution in [0.4, 0.5) is 0 Å². The first-order valence-corrected chi connectivity index (χ1v) is 23.4. The van der Waals surface area contributed by atoms with E-state index in [0.29, 0.717) is 25.9 Å². The van der Waals surface area contributed by atoms with Crippen LogP contribution in [0.3, 0.4) is 0 Å². The number of nitrogens with zero attached hydrogens (tertiary/aromatic N) is 2. The van der Waals surface area contributed by atoms with E-state index >= 15 is 0 Å². The van der Waals surface area contributed by atoms with Crippen molar-refractivity contribution in [1.29, 1.82) is 0 Å². The average molecular weight is 737 g/mol. The van der Waals surface area contributed by atoms with Gasteiger partial charge in [0.1, 0.15) is 19.6 Å². The Morgan fingerprint density at radius 1 is 0.667 bits per heavy atom. The van der Waals surface area contributed by atoms with E-state index in [1.54, 1.807) is 0 Å². The Morgan fingerprint density at radius 2 is 1.12 bits per heavy atom. The van der Waals surface area contributed by atoms with Crippen LogP contribution in [0.1, 0.15) is 200 Å². The summed E-state index contributed by atoms with van der Waals surface area (Å²) >= 11 is 0. The number of amidine groups is 1. The Hall–Kier alpha value is -1.67. The number of nitrogens with one attached hydrogen (secondary N) is 1. The fourth-order valence-corrected chi connectivity index (χ4v) is 7.56. The van der Waals surface area contributed by atoms with Gasteiger partial charge in [-0.25, -0.2) is 0 Å². The van der Waals surface area contributed by atoms with Gasteiger partial charge in [-0.2, -0.15) is 8.42 Å². The maximum atomic E-state index is 12.5. The molecule has 0 saturated carbocycles. The Labute approximate surface area is 316 Å². The van der Waals surface area contributed by atoms with Crippen LogP contribution in [-0.2, 0) is 14.9 Å². The Kier molecular flexibility index (Phi) is 31.7. The Morgan fingerprint density at radius 3 is 1.61 bits per heavy atom. The quantitative estimate of drug-likeness (QED) is 0.0287. The molecule has 51 heavy (non-hydrogen) atoms. The first-order chi connectivity index (χ1) is 24.9. The predicted molar refractivity (Wildman–Crippen MR) is 220 cm³/mol. The summed E-state index contributed by atoms with van der Waals surface area (Å²) in [6.07, 6.45) is 44.5. The normalized spacial score (nSPS) is 13.8. The largest absolute Gasteiger partial charge is 0.352 e. The molecule has 0 aromatic heterocycles. The molecule has 0 spiro atoms. The number of carbonyl (C=O) groups is 1. The van der Waals surface area contributed by atoms with E-state index in [2.05, 4.69) is 52.9 Å². The fourth-order valence-electron chi connectivity index (χ4n) is 7.06. The summed E-state index contributed by atoms with van der Waals surface area (Å²) in [6, 6.07) is 0. The number of unbranched alkanes of at least 4 members (excludes halogenated alkanes) is 22. The van der Waals surface area contributed by atoms with Crippen LogP contribution in [0.2, 0.25) is 0 Å². The molecule has 7 nitrogen and oxygen atoms in total. The van der Waals surface area contributed by atoms with Crippen LogP contribution < -0.4 is 5.32 Å². The number of allylic oxidation sites excluding steroid dienone is 4. The van der Waals surface area contributed by atoms with Gasteiger partial charge in [-0.05, 0) is 64.2 Å². The molecule has 0 atom stereocenters. The lowest BCUT2D eigenvalue weighted by Gasteiger charge is -2.15. The molecule has 298 valence electrons. The SMILES string of the molecule is CCCCCCCC/C=C\CCCCCCCC(=O)NCCN1CC[N+](CCCS(=O)(=O)O)=C1CCCCCCC/C=C\CCCCCCCC. The molecule has 2 N–H and O–H groups in total. The standard InChI is InChI=1S/C43H81N3O4S/c1-3-5-7-9-11-13-15-17-19-21-23-25-27-29-31-34-42(47)44-36-38-46-40-39-45(37-33-41-51(48,49)50)43(46)35-32-30-28-26-24-22-20-18-16-14-12-10-8-6-4-2/h17-20H,3-16,21-41H2,1-2H3,(H-,44,47,48,49,50)/p+1/b19-17-,20-18-. The average Bonchev–Trinajstić information content (AvgIpc) is 3.48. The molecule has 1 aliphatic rings. The van der Waals surface area contributed by atoms with E-state index in [-0.39, 0.29) is 11.7 Å². The van der Waals surface area contributed by atoms with Crippen LogP contribution in [0, 0.1) is 0 Å². The van der Waals surface area contributed by atoms with E-state index in [1.165, 1.54) is 154 Å². The summed E-state index contributed by atoms with van der Waals surface area (Å²) in [6.45, 7) is 8.37. The number of hydrogen-bond acceptors (Lipinski definition) is 4. The molecule has 1 aliphatic heterocycles. The van der Waals surface area contributed by atoms with Crippen molar-refractivity contribution < 1.29 is 22.3 Å². The summed E-state index contributed by atoms with van der Waals surface area (Å²) < 4.78 is 34.1. The zero-order chi connectivity index (χ0) is 37.1. The van der Waals surface area contributed by atoms with E-state index in [9.17, 15) is 17.8 Å². The van der Waals surface area contributed by atoms with Crippen LogP contribution in [0.5, 0.6) is 0 Å². The van der Waals surface area contributed by atoms with E-state index in [4.69, 9.17) is 0 Å². The maximum absolute atomic E-state index is 12.5. The van der Waals surface area contributed by atoms with Crippen LogP contribution in [0.15, 0.2) is 24.3 Å². The molecule has 1 amide bonds. The van der Waals surface area contributed by atoms with Gasteiger partial charge in [0, 0.05) is 19.3 Å². The van der Waals surface area contributed by atoms with Gasteiger partial charge in [-0.15, -0.1) is 0 Å². The third-order valence-electron chi connectivity index (χ3n) is 10.2. The highest BCUT2D eigenvalue weighted by atomic mass is 32.2. The molecule has 1 rings (SSSR count).